The predicted octanol–water partition coefficient (Wildman–Crippen LogP) is 1.12. The summed E-state index contributed by atoms with van der Waals surface area (Å²) < 4.78 is 5.07. The van der Waals surface area contributed by atoms with Crippen LogP contribution < -0.4 is 10.1 Å². The summed E-state index contributed by atoms with van der Waals surface area (Å²) in [5, 5.41) is 2.96. The highest BCUT2D eigenvalue weighted by Gasteiger charge is 2.39. The van der Waals surface area contributed by atoms with Gasteiger partial charge in [-0.15, -0.1) is 0 Å². The minimum atomic E-state index is -0.292. The second-order valence-corrected chi connectivity index (χ2v) is 5.96. The average Bonchev–Trinajstić information content (AvgIpc) is 2.89. The highest BCUT2D eigenvalue weighted by Crippen LogP contribution is 2.31. The molecule has 0 aromatic carbocycles. The van der Waals surface area contributed by atoms with Crippen LogP contribution in [-0.2, 0) is 16.0 Å². The van der Waals surface area contributed by atoms with E-state index in [0.717, 1.165) is 5.56 Å². The van der Waals surface area contributed by atoms with Gasteiger partial charge in [0.1, 0.15) is 0 Å². The molecule has 1 aliphatic rings. The lowest BCUT2D eigenvalue weighted by Gasteiger charge is -2.25. The van der Waals surface area contributed by atoms with Crippen molar-refractivity contribution in [3.8, 4) is 5.88 Å². The van der Waals surface area contributed by atoms with E-state index < -0.39 is 0 Å². The topological polar surface area (TPSA) is 84.4 Å². The van der Waals surface area contributed by atoms with Gasteiger partial charge < -0.3 is 15.0 Å². The maximum Gasteiger partial charge on any atom is 0.226 e. The number of likely N-dealkylation sites (tertiary alicyclic amines) is 1. The van der Waals surface area contributed by atoms with Crippen LogP contribution in [0.25, 0.3) is 0 Å². The summed E-state index contributed by atoms with van der Waals surface area (Å²) in [4.78, 5) is 34.6. The Labute approximate surface area is 146 Å². The maximum atomic E-state index is 12.4. The molecule has 2 aromatic rings. The molecule has 25 heavy (non-hydrogen) atoms. The van der Waals surface area contributed by atoms with Gasteiger partial charge in [0.05, 0.1) is 31.3 Å². The van der Waals surface area contributed by atoms with Gasteiger partial charge in [0.2, 0.25) is 17.7 Å². The third-order valence-electron chi connectivity index (χ3n) is 4.29. The SMILES string of the molecule is COc1cccc(CC(=O)N[C@@H]2CC(=O)N(C)[C@H]2c2cccnc2)n1. The van der Waals surface area contributed by atoms with E-state index in [9.17, 15) is 9.59 Å². The number of carbonyl (C=O) groups excluding carboxylic acids is 2. The Balaban J connectivity index is 1.71. The summed E-state index contributed by atoms with van der Waals surface area (Å²) in [6, 6.07) is 8.51. The second kappa shape index (κ2) is 7.29. The van der Waals surface area contributed by atoms with Crippen LogP contribution in [-0.4, -0.2) is 46.9 Å². The molecule has 0 bridgehead atoms. The summed E-state index contributed by atoms with van der Waals surface area (Å²) in [6.07, 6.45) is 3.81. The zero-order chi connectivity index (χ0) is 17.8. The number of likely N-dealkylation sites (N-methyl/N-ethyl adjacent to an activating group) is 1. The predicted molar refractivity (Wildman–Crippen MR) is 90.8 cm³/mol. The third kappa shape index (κ3) is 3.76. The van der Waals surface area contributed by atoms with Gasteiger partial charge in [-0.25, -0.2) is 4.98 Å². The fourth-order valence-corrected chi connectivity index (χ4v) is 3.10. The van der Waals surface area contributed by atoms with Gasteiger partial charge in [-0.05, 0) is 17.7 Å². The lowest BCUT2D eigenvalue weighted by molar-refractivity contribution is -0.127. The molecule has 7 heteroatoms. The van der Waals surface area contributed by atoms with Crippen molar-refractivity contribution in [2.24, 2.45) is 0 Å². The van der Waals surface area contributed by atoms with Crippen molar-refractivity contribution < 1.29 is 14.3 Å². The molecule has 0 saturated carbocycles. The zero-order valence-electron chi connectivity index (χ0n) is 14.2. The Bertz CT molecular complexity index is 766. The fraction of sp³-hybridized carbons (Fsp3) is 0.333. The van der Waals surface area contributed by atoms with E-state index in [1.165, 1.54) is 7.11 Å². The van der Waals surface area contributed by atoms with Crippen molar-refractivity contribution in [1.29, 1.82) is 0 Å². The lowest BCUT2D eigenvalue weighted by Crippen LogP contribution is -2.39. The number of hydrogen-bond donors (Lipinski definition) is 1. The van der Waals surface area contributed by atoms with Crippen LogP contribution in [0.2, 0.25) is 0 Å². The standard InChI is InChI=1S/C18H20N4O3/c1-22-17(24)10-14(18(22)12-5-4-8-19-11-12)21-15(23)9-13-6-3-7-16(20-13)25-2/h3-8,11,14,18H,9-10H2,1-2H3,(H,21,23)/t14-,18+/m1/s1. The van der Waals surface area contributed by atoms with E-state index in [1.807, 2.05) is 12.1 Å². The molecule has 2 amide bonds. The normalized spacial score (nSPS) is 19.8. The second-order valence-electron chi connectivity index (χ2n) is 5.96. The van der Waals surface area contributed by atoms with E-state index in [-0.39, 0.29) is 36.7 Å². The molecule has 1 aliphatic heterocycles. The molecule has 0 unspecified atom stereocenters. The van der Waals surface area contributed by atoms with E-state index in [4.69, 9.17) is 4.74 Å². The molecule has 0 spiro atoms. The number of carbonyl (C=O) groups is 2. The summed E-state index contributed by atoms with van der Waals surface area (Å²) in [5.74, 6) is 0.288. The van der Waals surface area contributed by atoms with E-state index >= 15 is 0 Å². The lowest BCUT2D eigenvalue weighted by atomic mass is 10.0. The number of pyridine rings is 2. The zero-order valence-corrected chi connectivity index (χ0v) is 14.2. The molecule has 0 aliphatic carbocycles. The Kier molecular flexibility index (Phi) is 4.92. The Morgan fingerprint density at radius 2 is 2.20 bits per heavy atom. The highest BCUT2D eigenvalue weighted by molar-refractivity contribution is 5.83. The number of nitrogens with zero attached hydrogens (tertiary/aromatic N) is 3. The number of amides is 2. The van der Waals surface area contributed by atoms with E-state index in [2.05, 4.69) is 15.3 Å². The fourth-order valence-electron chi connectivity index (χ4n) is 3.10. The number of hydrogen-bond acceptors (Lipinski definition) is 5. The van der Waals surface area contributed by atoms with Crippen LogP contribution in [0.15, 0.2) is 42.7 Å². The molecule has 1 fully saturated rings. The van der Waals surface area contributed by atoms with Crippen molar-refractivity contribution in [3.63, 3.8) is 0 Å². The number of rotatable bonds is 5. The molecule has 130 valence electrons. The Hall–Kier alpha value is -2.96. The van der Waals surface area contributed by atoms with Crippen LogP contribution in [0, 0.1) is 0 Å². The van der Waals surface area contributed by atoms with Crippen LogP contribution in [0.4, 0.5) is 0 Å². The number of methoxy groups -OCH3 is 1. The van der Waals surface area contributed by atoms with Crippen molar-refractivity contribution in [3.05, 3.63) is 54.0 Å². The molecule has 3 rings (SSSR count). The maximum absolute atomic E-state index is 12.4. The quantitative estimate of drug-likeness (QED) is 0.882. The minimum absolute atomic E-state index is 0.00124. The van der Waals surface area contributed by atoms with E-state index in [0.29, 0.717) is 11.6 Å². The number of ether oxygens (including phenoxy) is 1. The van der Waals surface area contributed by atoms with Gasteiger partial charge in [-0.2, -0.15) is 0 Å². The molecule has 1 saturated heterocycles. The van der Waals surface area contributed by atoms with Crippen LogP contribution >= 0.6 is 0 Å². The molecule has 2 atom stereocenters. The molecule has 7 nitrogen and oxygen atoms in total. The summed E-state index contributed by atoms with van der Waals surface area (Å²) in [6.45, 7) is 0. The van der Waals surface area contributed by atoms with Crippen LogP contribution in [0.1, 0.15) is 23.7 Å². The molecule has 1 N–H and O–H groups in total. The highest BCUT2D eigenvalue weighted by atomic mass is 16.5. The first-order valence-electron chi connectivity index (χ1n) is 8.03. The van der Waals surface area contributed by atoms with Crippen molar-refractivity contribution >= 4 is 11.8 Å². The van der Waals surface area contributed by atoms with Gasteiger partial charge in [0.15, 0.2) is 0 Å². The first kappa shape index (κ1) is 16.9. The van der Waals surface area contributed by atoms with Crippen molar-refractivity contribution in [2.75, 3.05) is 14.2 Å². The van der Waals surface area contributed by atoms with Crippen LogP contribution in [0.3, 0.4) is 0 Å². The van der Waals surface area contributed by atoms with Gasteiger partial charge >= 0.3 is 0 Å². The molecule has 0 radical (unpaired) electrons. The Morgan fingerprint density at radius 3 is 2.92 bits per heavy atom. The minimum Gasteiger partial charge on any atom is -0.481 e. The summed E-state index contributed by atoms with van der Waals surface area (Å²) in [5.41, 5.74) is 1.52. The Morgan fingerprint density at radius 1 is 1.36 bits per heavy atom. The number of aromatic nitrogens is 2. The molecule has 2 aromatic heterocycles. The summed E-state index contributed by atoms with van der Waals surface area (Å²) >= 11 is 0. The number of nitrogens with one attached hydrogen (secondary N) is 1. The van der Waals surface area contributed by atoms with Gasteiger partial charge in [-0.1, -0.05) is 12.1 Å². The first-order chi connectivity index (χ1) is 12.1. The van der Waals surface area contributed by atoms with E-state index in [1.54, 1.807) is 42.5 Å². The van der Waals surface area contributed by atoms with Crippen molar-refractivity contribution in [1.82, 2.24) is 20.2 Å². The summed E-state index contributed by atoms with van der Waals surface area (Å²) in [7, 11) is 3.28. The molecule has 3 heterocycles. The van der Waals surface area contributed by atoms with Crippen molar-refractivity contribution in [2.45, 2.75) is 24.9 Å². The smallest absolute Gasteiger partial charge is 0.226 e. The first-order valence-corrected chi connectivity index (χ1v) is 8.03. The van der Waals surface area contributed by atoms with Gasteiger partial charge in [0.25, 0.3) is 0 Å². The monoisotopic (exact) mass is 340 g/mol. The molecular weight excluding hydrogens is 320 g/mol. The average molecular weight is 340 g/mol. The largest absolute Gasteiger partial charge is 0.481 e. The molecular formula is C18H20N4O3. The van der Waals surface area contributed by atoms with Crippen LogP contribution in [0.5, 0.6) is 5.88 Å². The van der Waals surface area contributed by atoms with Gasteiger partial charge in [0, 0.05) is 31.9 Å². The third-order valence-corrected chi connectivity index (χ3v) is 4.29. The van der Waals surface area contributed by atoms with Gasteiger partial charge in [-0.3, -0.25) is 14.6 Å².